The molecule has 8 heteroatoms. The topological polar surface area (TPSA) is 89.5 Å². The van der Waals surface area contributed by atoms with Gasteiger partial charge in [0.25, 0.3) is 0 Å². The highest BCUT2D eigenvalue weighted by Gasteiger charge is 2.34. The molecule has 0 radical (unpaired) electrons. The molecule has 3 rings (SSSR count). The van der Waals surface area contributed by atoms with Crippen LogP contribution in [0.25, 0.3) is 0 Å². The third kappa shape index (κ3) is 5.12. The Hall–Kier alpha value is -3.10. The van der Waals surface area contributed by atoms with E-state index in [1.165, 1.54) is 28.3 Å². The molecule has 0 aliphatic carbocycles. The Balaban J connectivity index is 2.17. The summed E-state index contributed by atoms with van der Waals surface area (Å²) in [4.78, 5) is 25.0. The number of aryl methyl sites for hydroxylation is 1. The number of methoxy groups -OCH3 is 3. The van der Waals surface area contributed by atoms with Gasteiger partial charge in [-0.25, -0.2) is 4.79 Å². The molecular formula is C25H30O8. The van der Waals surface area contributed by atoms with E-state index >= 15 is 0 Å². The number of carbonyl (C=O) groups is 2. The van der Waals surface area contributed by atoms with E-state index in [1.54, 1.807) is 18.2 Å². The van der Waals surface area contributed by atoms with Crippen molar-refractivity contribution in [3.05, 3.63) is 46.5 Å². The lowest BCUT2D eigenvalue weighted by atomic mass is 9.96. The van der Waals surface area contributed by atoms with Gasteiger partial charge in [0.2, 0.25) is 0 Å². The summed E-state index contributed by atoms with van der Waals surface area (Å²) < 4.78 is 33.9. The molecule has 1 atom stereocenters. The van der Waals surface area contributed by atoms with Crippen LogP contribution in [0.2, 0.25) is 0 Å². The van der Waals surface area contributed by atoms with Crippen LogP contribution in [-0.2, 0) is 19.0 Å². The Morgan fingerprint density at radius 2 is 1.70 bits per heavy atom. The molecule has 1 heterocycles. The van der Waals surface area contributed by atoms with Gasteiger partial charge in [0.1, 0.15) is 23.2 Å². The fourth-order valence-electron chi connectivity index (χ4n) is 3.94. The first-order valence-electron chi connectivity index (χ1n) is 10.7. The molecule has 0 bridgehead atoms. The normalized spacial score (nSPS) is 13.5. The molecule has 0 amide bonds. The van der Waals surface area contributed by atoms with Gasteiger partial charge in [-0.1, -0.05) is 13.8 Å². The maximum absolute atomic E-state index is 13.2. The molecule has 0 unspecified atom stereocenters. The van der Waals surface area contributed by atoms with Gasteiger partial charge in [0, 0.05) is 26.7 Å². The fraction of sp³-hybridized carbons (Fsp3) is 0.440. The second kappa shape index (κ2) is 10.2. The predicted octanol–water partition coefficient (Wildman–Crippen LogP) is 5.27. The smallest absolute Gasteiger partial charge is 0.351 e. The van der Waals surface area contributed by atoms with Crippen LogP contribution in [-0.4, -0.2) is 33.3 Å². The lowest BCUT2D eigenvalue weighted by Crippen LogP contribution is -2.15. The molecule has 33 heavy (non-hydrogen) atoms. The molecule has 0 spiro atoms. The van der Waals surface area contributed by atoms with Crippen LogP contribution in [0, 0.1) is 12.8 Å². The van der Waals surface area contributed by atoms with Crippen molar-refractivity contribution in [2.45, 2.75) is 46.5 Å². The number of benzene rings is 2. The quantitative estimate of drug-likeness (QED) is 0.300. The van der Waals surface area contributed by atoms with E-state index in [9.17, 15) is 9.59 Å². The van der Waals surface area contributed by atoms with E-state index in [2.05, 4.69) is 0 Å². The van der Waals surface area contributed by atoms with Crippen molar-refractivity contribution in [3.8, 4) is 23.0 Å². The van der Waals surface area contributed by atoms with Crippen molar-refractivity contribution in [3.63, 3.8) is 0 Å². The molecule has 1 aliphatic heterocycles. The van der Waals surface area contributed by atoms with E-state index in [4.69, 9.17) is 28.4 Å². The molecular weight excluding hydrogens is 428 g/mol. The Kier molecular flexibility index (Phi) is 7.61. The lowest BCUT2D eigenvalue weighted by Gasteiger charge is -2.23. The summed E-state index contributed by atoms with van der Waals surface area (Å²) in [6, 6.07) is 6.95. The third-order valence-corrected chi connectivity index (χ3v) is 5.22. The largest absolute Gasteiger partial charge is 0.495 e. The number of hydrogen-bond donors (Lipinski definition) is 0. The Morgan fingerprint density at radius 1 is 1.00 bits per heavy atom. The maximum Gasteiger partial charge on any atom is 0.351 e. The van der Waals surface area contributed by atoms with E-state index in [-0.39, 0.29) is 28.7 Å². The first kappa shape index (κ1) is 24.5. The van der Waals surface area contributed by atoms with Crippen LogP contribution < -0.4 is 14.2 Å². The first-order chi connectivity index (χ1) is 15.7. The number of rotatable bonds is 8. The zero-order valence-corrected chi connectivity index (χ0v) is 20.0. The van der Waals surface area contributed by atoms with Crippen LogP contribution in [0.5, 0.6) is 23.0 Å². The van der Waals surface area contributed by atoms with Crippen LogP contribution in [0.3, 0.4) is 0 Å². The monoisotopic (exact) mass is 458 g/mol. The maximum atomic E-state index is 13.2. The molecule has 0 fully saturated rings. The molecule has 0 aromatic heterocycles. The van der Waals surface area contributed by atoms with Gasteiger partial charge in [0.05, 0.1) is 12.7 Å². The summed E-state index contributed by atoms with van der Waals surface area (Å²) in [5.41, 5.74) is 2.10. The average molecular weight is 459 g/mol. The van der Waals surface area contributed by atoms with Crippen LogP contribution in [0.1, 0.15) is 66.6 Å². The Morgan fingerprint density at radius 3 is 2.27 bits per heavy atom. The van der Waals surface area contributed by atoms with Crippen molar-refractivity contribution in [2.75, 3.05) is 21.3 Å². The van der Waals surface area contributed by atoms with E-state index < -0.39 is 24.3 Å². The van der Waals surface area contributed by atoms with Crippen molar-refractivity contribution in [1.82, 2.24) is 0 Å². The third-order valence-electron chi connectivity index (χ3n) is 5.22. The summed E-state index contributed by atoms with van der Waals surface area (Å²) in [6.45, 7) is 7.26. The van der Waals surface area contributed by atoms with Gasteiger partial charge < -0.3 is 28.4 Å². The highest BCUT2D eigenvalue weighted by Crippen LogP contribution is 2.47. The van der Waals surface area contributed by atoms with Crippen molar-refractivity contribution in [2.24, 2.45) is 5.92 Å². The van der Waals surface area contributed by atoms with Crippen LogP contribution >= 0.6 is 0 Å². The summed E-state index contributed by atoms with van der Waals surface area (Å²) >= 11 is 0. The van der Waals surface area contributed by atoms with E-state index in [1.807, 2.05) is 26.8 Å². The van der Waals surface area contributed by atoms with Gasteiger partial charge >= 0.3 is 11.9 Å². The van der Waals surface area contributed by atoms with E-state index in [0.717, 1.165) is 5.56 Å². The summed E-state index contributed by atoms with van der Waals surface area (Å²) in [7, 11) is 4.48. The highest BCUT2D eigenvalue weighted by molar-refractivity contribution is 5.99. The van der Waals surface area contributed by atoms with Gasteiger partial charge in [-0.2, -0.15) is 0 Å². The van der Waals surface area contributed by atoms with E-state index in [0.29, 0.717) is 23.3 Å². The lowest BCUT2D eigenvalue weighted by molar-refractivity contribution is -0.147. The van der Waals surface area contributed by atoms with Crippen LogP contribution in [0.15, 0.2) is 24.3 Å². The van der Waals surface area contributed by atoms with Gasteiger partial charge in [0.15, 0.2) is 17.8 Å². The minimum atomic E-state index is -0.723. The Bertz CT molecular complexity index is 1040. The van der Waals surface area contributed by atoms with Crippen molar-refractivity contribution in [1.29, 1.82) is 0 Å². The molecule has 0 saturated carbocycles. The van der Waals surface area contributed by atoms with Crippen molar-refractivity contribution < 1.29 is 38.0 Å². The number of esters is 2. The molecule has 2 aromatic rings. The minimum Gasteiger partial charge on any atom is -0.495 e. The zero-order chi connectivity index (χ0) is 24.3. The standard InChI is InChI=1S/C25H30O8/c1-13(2)10-19(31-15(4)26)16-8-9-18-21(23(16)28-5)24(27)33-20-12-14(3)11-17(22(20)32-18)25(29-6)30-7/h8-9,11-13,19,25H,10H2,1-7H3/t19-/m0/s1. The number of ether oxygens (including phenoxy) is 6. The fourth-order valence-corrected chi connectivity index (χ4v) is 3.94. The molecule has 0 N–H and O–H groups in total. The SMILES string of the molecule is COc1c([C@H](CC(C)C)OC(C)=O)ccc2c1C(=O)Oc1cc(C)cc(C(OC)OC)c1O2. The number of hydrogen-bond acceptors (Lipinski definition) is 8. The summed E-state index contributed by atoms with van der Waals surface area (Å²) in [5, 5.41) is 0. The number of fused-ring (bicyclic) bond motifs is 2. The van der Waals surface area contributed by atoms with Crippen LogP contribution in [0.4, 0.5) is 0 Å². The van der Waals surface area contributed by atoms with Gasteiger partial charge in [-0.15, -0.1) is 0 Å². The average Bonchev–Trinajstić information content (AvgIpc) is 2.88. The molecule has 2 aromatic carbocycles. The Labute approximate surface area is 193 Å². The second-order valence-electron chi connectivity index (χ2n) is 8.27. The first-order valence-corrected chi connectivity index (χ1v) is 10.7. The number of carbonyl (C=O) groups excluding carboxylic acids is 2. The molecule has 0 saturated heterocycles. The van der Waals surface area contributed by atoms with Gasteiger partial charge in [-0.3, -0.25) is 4.79 Å². The zero-order valence-electron chi connectivity index (χ0n) is 20.0. The molecule has 1 aliphatic rings. The minimum absolute atomic E-state index is 0.113. The summed E-state index contributed by atoms with van der Waals surface area (Å²) in [6.07, 6.45) is -0.762. The molecule has 8 nitrogen and oxygen atoms in total. The second-order valence-corrected chi connectivity index (χ2v) is 8.27. The van der Waals surface area contributed by atoms with Gasteiger partial charge in [-0.05, 0) is 49.1 Å². The molecule has 178 valence electrons. The van der Waals surface area contributed by atoms with Crippen molar-refractivity contribution >= 4 is 11.9 Å². The predicted molar refractivity (Wildman–Crippen MR) is 120 cm³/mol. The summed E-state index contributed by atoms with van der Waals surface area (Å²) in [5.74, 6) is 0.219. The highest BCUT2D eigenvalue weighted by atomic mass is 16.7.